The second-order valence-corrected chi connectivity index (χ2v) is 17.8. The van der Waals surface area contributed by atoms with Crippen LogP contribution in [-0.4, -0.2) is 12.1 Å². The molecule has 0 aromatic heterocycles. The Morgan fingerprint density at radius 2 is 1.04 bits per heavy atom. The van der Waals surface area contributed by atoms with Crippen LogP contribution >= 0.6 is 0 Å². The van der Waals surface area contributed by atoms with Gasteiger partial charge in [0.15, 0.2) is 0 Å². The van der Waals surface area contributed by atoms with Crippen molar-refractivity contribution in [2.45, 2.75) is 11.6 Å². The lowest BCUT2D eigenvalue weighted by molar-refractivity contribution is 0.685. The molecule has 70 heavy (non-hydrogen) atoms. The van der Waals surface area contributed by atoms with Gasteiger partial charge in [0.05, 0.1) is 28.4 Å². The number of aliphatic imine (C=N–C) groups is 1. The number of nitrogens with one attached hydrogen (secondary N) is 2. The van der Waals surface area contributed by atoms with Gasteiger partial charge < -0.3 is 10.2 Å². The predicted molar refractivity (Wildman–Crippen MR) is 286 cm³/mol. The van der Waals surface area contributed by atoms with Crippen LogP contribution in [0, 0.1) is 16.7 Å². The van der Waals surface area contributed by atoms with Gasteiger partial charge in [-0.05, 0) is 132 Å². The van der Waals surface area contributed by atoms with Crippen LogP contribution in [0.5, 0.6) is 0 Å². The maximum absolute atomic E-state index is 10.3. The Morgan fingerprint density at radius 1 is 0.486 bits per heavy atom. The van der Waals surface area contributed by atoms with E-state index >= 15 is 0 Å². The molecule has 0 saturated carbocycles. The fraction of sp³-hybridized carbons (Fsp3) is 0.0308. The molecule has 10 aromatic rings. The van der Waals surface area contributed by atoms with Crippen molar-refractivity contribution in [1.29, 1.82) is 10.7 Å². The van der Waals surface area contributed by atoms with E-state index in [4.69, 9.17) is 4.99 Å². The highest BCUT2D eigenvalue weighted by Crippen LogP contribution is 2.63. The molecule has 1 atom stereocenters. The van der Waals surface area contributed by atoms with Crippen LogP contribution in [0.1, 0.15) is 50.7 Å². The average Bonchev–Trinajstić information content (AvgIpc) is 3.72. The molecule has 1 aliphatic carbocycles. The highest BCUT2D eigenvalue weighted by Gasteiger charge is 2.51. The van der Waals surface area contributed by atoms with Crippen LogP contribution in [0.4, 0.5) is 17.1 Å². The molecule has 10 aromatic carbocycles. The molecule has 0 saturated heterocycles. The summed E-state index contributed by atoms with van der Waals surface area (Å²) in [6, 6.07) is 89.3. The first-order valence-electron chi connectivity index (χ1n) is 23.6. The summed E-state index contributed by atoms with van der Waals surface area (Å²) < 4.78 is 0. The Balaban J connectivity index is 0.896. The van der Waals surface area contributed by atoms with Crippen molar-refractivity contribution < 1.29 is 0 Å². The van der Waals surface area contributed by atoms with Crippen molar-refractivity contribution in [3.63, 3.8) is 0 Å². The first-order valence-corrected chi connectivity index (χ1v) is 23.6. The summed E-state index contributed by atoms with van der Waals surface area (Å²) in [6.07, 6.45) is 1.38. The molecule has 2 aliphatic rings. The van der Waals surface area contributed by atoms with Gasteiger partial charge in [0.2, 0.25) is 0 Å². The van der Waals surface area contributed by atoms with Gasteiger partial charge in [-0.25, -0.2) is 0 Å². The maximum atomic E-state index is 10.3. The number of rotatable bonds is 9. The Bertz CT molecular complexity index is 3620. The van der Waals surface area contributed by atoms with Crippen molar-refractivity contribution >= 4 is 29.1 Å². The third kappa shape index (κ3) is 7.27. The van der Waals surface area contributed by atoms with E-state index in [1.54, 1.807) is 0 Å². The van der Waals surface area contributed by atoms with E-state index in [0.717, 1.165) is 83.8 Å². The van der Waals surface area contributed by atoms with Crippen LogP contribution in [-0.2, 0) is 5.41 Å². The van der Waals surface area contributed by atoms with E-state index in [1.807, 2.05) is 72.9 Å². The molecule has 1 aliphatic heterocycles. The van der Waals surface area contributed by atoms with Gasteiger partial charge in [-0.2, -0.15) is 5.26 Å². The van der Waals surface area contributed by atoms with Crippen molar-refractivity contribution in [2.75, 3.05) is 4.90 Å². The molecule has 0 bridgehead atoms. The van der Waals surface area contributed by atoms with Crippen LogP contribution in [0.2, 0.25) is 0 Å². The lowest BCUT2D eigenvalue weighted by atomic mass is 9.64. The van der Waals surface area contributed by atoms with Gasteiger partial charge in [-0.3, -0.25) is 10.4 Å². The van der Waals surface area contributed by atoms with Crippen LogP contribution < -0.4 is 10.2 Å². The number of anilines is 3. The van der Waals surface area contributed by atoms with Crippen molar-refractivity contribution in [3.05, 3.63) is 293 Å². The quantitative estimate of drug-likeness (QED) is 0.112. The van der Waals surface area contributed by atoms with Crippen LogP contribution in [0.25, 0.3) is 44.5 Å². The molecule has 330 valence electrons. The third-order valence-corrected chi connectivity index (χ3v) is 13.8. The van der Waals surface area contributed by atoms with Gasteiger partial charge in [0.1, 0.15) is 12.0 Å². The number of para-hydroxylation sites is 3. The Morgan fingerprint density at radius 3 is 1.73 bits per heavy atom. The van der Waals surface area contributed by atoms with Crippen LogP contribution in [0.3, 0.4) is 0 Å². The zero-order valence-electron chi connectivity index (χ0n) is 38.2. The van der Waals surface area contributed by atoms with Crippen molar-refractivity contribution in [1.82, 2.24) is 5.32 Å². The number of benzene rings is 10. The first kappa shape index (κ1) is 42.0. The zero-order chi connectivity index (χ0) is 47.0. The molecular formula is C65H45N5. The summed E-state index contributed by atoms with van der Waals surface area (Å²) in [7, 11) is 0. The second-order valence-electron chi connectivity index (χ2n) is 17.8. The fourth-order valence-electron chi connectivity index (χ4n) is 10.6. The van der Waals surface area contributed by atoms with Gasteiger partial charge in [0.25, 0.3) is 0 Å². The standard InChI is InChI=1S/C65H45N5/c66-42-45-30-36-55-56-41-52(35-37-57(56)65(60(55)38-45)58-26-10-12-28-61(58)70(54-24-8-3-9-25-54)62-29-13-11-27-59(62)65)50-21-14-20-49(39-50)51-22-15-23-53(40-51)63(67)69-64(68-43-44-16-4-1-5-17-44)48-33-31-47(32-34-48)46-18-6-2-7-19-46/h1-41,43,64H,(H2,67,69)/b68-43+. The molecule has 0 radical (unpaired) electrons. The van der Waals surface area contributed by atoms with Gasteiger partial charge in [0, 0.05) is 17.5 Å². The minimum Gasteiger partial charge on any atom is -0.345 e. The van der Waals surface area contributed by atoms with E-state index in [0.29, 0.717) is 5.56 Å². The zero-order valence-corrected chi connectivity index (χ0v) is 38.2. The molecule has 2 N–H and O–H groups in total. The second kappa shape index (κ2) is 17.7. The first-order chi connectivity index (χ1) is 34.6. The van der Waals surface area contributed by atoms with E-state index in [9.17, 15) is 10.7 Å². The third-order valence-electron chi connectivity index (χ3n) is 13.8. The average molecular weight is 896 g/mol. The van der Waals surface area contributed by atoms with Crippen molar-refractivity contribution in [2.24, 2.45) is 4.99 Å². The Labute approximate surface area is 408 Å². The highest BCUT2D eigenvalue weighted by molar-refractivity contribution is 5.99. The van der Waals surface area contributed by atoms with Crippen molar-refractivity contribution in [3.8, 4) is 50.6 Å². The van der Waals surface area contributed by atoms with Gasteiger partial charge in [-0.1, -0.05) is 194 Å². The SMILES string of the molecule is N#Cc1ccc2c(c1)C1(c3ccc(-c4cccc(-c5cccc(C(=N)NC(/N=C/c6ccccc6)c6ccc(-c7ccccc7)cc6)c5)c4)cc3-2)c2ccccc2N(c2ccccc2)c2ccccc21. The summed E-state index contributed by atoms with van der Waals surface area (Å²) >= 11 is 0. The predicted octanol–water partition coefficient (Wildman–Crippen LogP) is 15.4. The van der Waals surface area contributed by atoms with E-state index < -0.39 is 11.6 Å². The summed E-state index contributed by atoms with van der Waals surface area (Å²) in [5, 5.41) is 23.2. The normalized spacial score (nSPS) is 13.2. The lowest BCUT2D eigenvalue weighted by Gasteiger charge is -2.45. The topological polar surface area (TPSA) is 75.3 Å². The molecule has 1 unspecified atom stereocenters. The molecule has 0 fully saturated rings. The smallest absolute Gasteiger partial charge is 0.145 e. The molecule has 1 spiro atoms. The minimum absolute atomic E-state index is 0.281. The monoisotopic (exact) mass is 895 g/mol. The Kier molecular flexibility index (Phi) is 10.6. The summed E-state index contributed by atoms with van der Waals surface area (Å²) in [5.74, 6) is 0.281. The van der Waals surface area contributed by atoms with Crippen LogP contribution in [0.15, 0.2) is 254 Å². The summed E-state index contributed by atoms with van der Waals surface area (Å²) in [6.45, 7) is 0. The molecule has 12 rings (SSSR count). The summed E-state index contributed by atoms with van der Waals surface area (Å²) in [5.41, 5.74) is 19.5. The number of nitrogens with zero attached hydrogens (tertiary/aromatic N) is 3. The highest BCUT2D eigenvalue weighted by atomic mass is 15.2. The molecule has 5 nitrogen and oxygen atoms in total. The number of hydrogen-bond donors (Lipinski definition) is 2. The Hall–Kier alpha value is -9.37. The molecular weight excluding hydrogens is 851 g/mol. The molecule has 5 heteroatoms. The lowest BCUT2D eigenvalue weighted by Crippen LogP contribution is -2.36. The van der Waals surface area contributed by atoms with E-state index in [-0.39, 0.29) is 5.84 Å². The number of amidine groups is 1. The number of nitriles is 1. The van der Waals surface area contributed by atoms with Gasteiger partial charge in [-0.15, -0.1) is 0 Å². The number of hydrogen-bond acceptors (Lipinski definition) is 4. The summed E-state index contributed by atoms with van der Waals surface area (Å²) in [4.78, 5) is 7.35. The van der Waals surface area contributed by atoms with E-state index in [2.05, 4.69) is 198 Å². The maximum Gasteiger partial charge on any atom is 0.145 e. The molecule has 0 amide bonds. The minimum atomic E-state index is -0.660. The van der Waals surface area contributed by atoms with Gasteiger partial charge >= 0.3 is 0 Å². The largest absolute Gasteiger partial charge is 0.345 e. The molecule has 1 heterocycles. The fourth-order valence-corrected chi connectivity index (χ4v) is 10.6. The number of fused-ring (bicyclic) bond motifs is 9. The van der Waals surface area contributed by atoms with E-state index in [1.165, 1.54) is 16.7 Å².